The van der Waals surface area contributed by atoms with E-state index >= 15 is 0 Å². The quantitative estimate of drug-likeness (QED) is 0.725. The Hall–Kier alpha value is -2.82. The third-order valence-corrected chi connectivity index (χ3v) is 4.92. The maximum atomic E-state index is 12.8. The van der Waals surface area contributed by atoms with Crippen molar-refractivity contribution in [1.29, 1.82) is 0 Å². The van der Waals surface area contributed by atoms with Gasteiger partial charge in [0.1, 0.15) is 0 Å². The van der Waals surface area contributed by atoms with Crippen molar-refractivity contribution < 1.29 is 4.79 Å². The Labute approximate surface area is 147 Å². The predicted octanol–water partition coefficient (Wildman–Crippen LogP) is 4.49. The Kier molecular flexibility index (Phi) is 3.53. The number of hydrogen-bond donors (Lipinski definition) is 2. The van der Waals surface area contributed by atoms with E-state index in [-0.39, 0.29) is 17.5 Å². The summed E-state index contributed by atoms with van der Waals surface area (Å²) < 4.78 is 0. The van der Waals surface area contributed by atoms with Gasteiger partial charge in [0.2, 0.25) is 0 Å². The Morgan fingerprint density at radius 2 is 2.00 bits per heavy atom. The molecule has 1 aromatic carbocycles. The Bertz CT molecular complexity index is 929. The Morgan fingerprint density at radius 1 is 1.24 bits per heavy atom. The van der Waals surface area contributed by atoms with Crippen LogP contribution >= 0.6 is 0 Å². The van der Waals surface area contributed by atoms with Gasteiger partial charge in [-0.3, -0.25) is 4.98 Å². The van der Waals surface area contributed by atoms with Crippen molar-refractivity contribution in [3.05, 3.63) is 60.0 Å². The van der Waals surface area contributed by atoms with E-state index in [4.69, 9.17) is 0 Å². The van der Waals surface area contributed by atoms with Crippen molar-refractivity contribution in [2.75, 3.05) is 11.9 Å². The Morgan fingerprint density at radius 3 is 2.72 bits per heavy atom. The standard InChI is InChI=1S/C20H22N4O/c1-13-10-15-11-16(4-5-17(15)22-13)23-19(25)24-12-20(2,3)18(24)14-6-8-21-9-7-14/h4-11,18,22H,12H2,1-3H3,(H,23,25)/t18-/m0/s1. The Balaban J connectivity index is 1.55. The molecule has 3 aromatic rings. The predicted molar refractivity (Wildman–Crippen MR) is 99.5 cm³/mol. The van der Waals surface area contributed by atoms with Gasteiger partial charge in [-0.05, 0) is 48.9 Å². The first-order valence-electron chi connectivity index (χ1n) is 8.51. The van der Waals surface area contributed by atoms with Crippen LogP contribution in [0.2, 0.25) is 0 Å². The summed E-state index contributed by atoms with van der Waals surface area (Å²) in [7, 11) is 0. The van der Waals surface area contributed by atoms with Crippen LogP contribution in [0.4, 0.5) is 10.5 Å². The van der Waals surface area contributed by atoms with E-state index in [0.29, 0.717) is 0 Å². The van der Waals surface area contributed by atoms with Crippen LogP contribution in [0.1, 0.15) is 31.1 Å². The van der Waals surface area contributed by atoms with Crippen molar-refractivity contribution in [3.63, 3.8) is 0 Å². The highest BCUT2D eigenvalue weighted by molar-refractivity contribution is 5.93. The van der Waals surface area contributed by atoms with Gasteiger partial charge in [0.05, 0.1) is 6.04 Å². The summed E-state index contributed by atoms with van der Waals surface area (Å²) in [6, 6.07) is 12.0. The van der Waals surface area contributed by atoms with Gasteiger partial charge in [-0.2, -0.15) is 0 Å². The number of rotatable bonds is 2. The molecule has 0 bridgehead atoms. The first-order chi connectivity index (χ1) is 11.9. The molecule has 1 atom stereocenters. The molecule has 1 aliphatic heterocycles. The highest BCUT2D eigenvalue weighted by Crippen LogP contribution is 2.48. The molecule has 1 saturated heterocycles. The SMILES string of the molecule is Cc1cc2cc(NC(=O)N3CC(C)(C)[C@@H]3c3ccncc3)ccc2[nH]1. The van der Waals surface area contributed by atoms with Crippen molar-refractivity contribution in [2.45, 2.75) is 26.8 Å². The number of nitrogens with zero attached hydrogens (tertiary/aromatic N) is 2. The van der Waals surface area contributed by atoms with Gasteiger partial charge in [-0.25, -0.2) is 4.79 Å². The molecule has 2 N–H and O–H groups in total. The van der Waals surface area contributed by atoms with Crippen LogP contribution in [0, 0.1) is 12.3 Å². The number of H-pyrrole nitrogens is 1. The number of benzene rings is 1. The number of aryl methyl sites for hydroxylation is 1. The minimum absolute atomic E-state index is 0.0560. The van der Waals surface area contributed by atoms with E-state index in [1.54, 1.807) is 12.4 Å². The van der Waals surface area contributed by atoms with Gasteiger partial charge in [-0.1, -0.05) is 13.8 Å². The lowest BCUT2D eigenvalue weighted by molar-refractivity contribution is -0.0115. The summed E-state index contributed by atoms with van der Waals surface area (Å²) in [5.41, 5.74) is 4.18. The molecule has 2 aromatic heterocycles. The summed E-state index contributed by atoms with van der Waals surface area (Å²) in [5, 5.41) is 4.14. The lowest BCUT2D eigenvalue weighted by Gasteiger charge is -2.54. The molecule has 128 valence electrons. The largest absolute Gasteiger partial charge is 0.359 e. The number of anilines is 1. The normalized spacial score (nSPS) is 18.8. The second-order valence-electron chi connectivity index (χ2n) is 7.48. The van der Waals surface area contributed by atoms with Gasteiger partial charge in [0.25, 0.3) is 0 Å². The molecule has 1 aliphatic rings. The first-order valence-corrected chi connectivity index (χ1v) is 8.51. The van der Waals surface area contributed by atoms with Gasteiger partial charge >= 0.3 is 6.03 Å². The zero-order valence-electron chi connectivity index (χ0n) is 14.7. The van der Waals surface area contributed by atoms with E-state index in [2.05, 4.69) is 35.2 Å². The third-order valence-electron chi connectivity index (χ3n) is 4.92. The van der Waals surface area contributed by atoms with E-state index in [1.165, 1.54) is 0 Å². The molecular formula is C20H22N4O. The molecule has 25 heavy (non-hydrogen) atoms. The lowest BCUT2D eigenvalue weighted by atomic mass is 9.72. The molecule has 2 amide bonds. The molecule has 1 fully saturated rings. The fourth-order valence-corrected chi connectivity index (χ4v) is 3.84. The number of fused-ring (bicyclic) bond motifs is 1. The molecule has 4 rings (SSSR count). The number of carbonyl (C=O) groups is 1. The van der Waals surface area contributed by atoms with E-state index in [9.17, 15) is 4.79 Å². The van der Waals surface area contributed by atoms with Crippen LogP contribution in [0.5, 0.6) is 0 Å². The molecule has 0 radical (unpaired) electrons. The fraction of sp³-hybridized carbons (Fsp3) is 0.300. The number of aromatic nitrogens is 2. The van der Waals surface area contributed by atoms with Crippen LogP contribution in [0.25, 0.3) is 10.9 Å². The van der Waals surface area contributed by atoms with E-state index < -0.39 is 0 Å². The number of aromatic amines is 1. The average Bonchev–Trinajstić information content (AvgIpc) is 2.93. The van der Waals surface area contributed by atoms with Gasteiger partial charge in [-0.15, -0.1) is 0 Å². The maximum Gasteiger partial charge on any atom is 0.322 e. The zero-order valence-corrected chi connectivity index (χ0v) is 14.7. The van der Waals surface area contributed by atoms with Crippen LogP contribution in [0.3, 0.4) is 0 Å². The highest BCUT2D eigenvalue weighted by atomic mass is 16.2. The first kappa shape index (κ1) is 15.7. The van der Waals surface area contributed by atoms with Gasteiger partial charge in [0, 0.05) is 46.6 Å². The third kappa shape index (κ3) is 2.76. The van der Waals surface area contributed by atoms with E-state index in [1.807, 2.05) is 42.2 Å². The zero-order chi connectivity index (χ0) is 17.6. The average molecular weight is 334 g/mol. The number of hydrogen-bond acceptors (Lipinski definition) is 2. The molecule has 0 saturated carbocycles. The number of nitrogens with one attached hydrogen (secondary N) is 2. The minimum atomic E-state index is -0.0623. The minimum Gasteiger partial charge on any atom is -0.359 e. The number of amides is 2. The van der Waals surface area contributed by atoms with Crippen LogP contribution in [-0.4, -0.2) is 27.4 Å². The topological polar surface area (TPSA) is 61.0 Å². The molecule has 5 nitrogen and oxygen atoms in total. The molecule has 5 heteroatoms. The summed E-state index contributed by atoms with van der Waals surface area (Å²) in [6.07, 6.45) is 3.56. The molecular weight excluding hydrogens is 312 g/mol. The lowest BCUT2D eigenvalue weighted by Crippen LogP contribution is -2.59. The fourth-order valence-electron chi connectivity index (χ4n) is 3.84. The van der Waals surface area contributed by atoms with E-state index in [0.717, 1.165) is 34.4 Å². The molecule has 0 aliphatic carbocycles. The second-order valence-corrected chi connectivity index (χ2v) is 7.48. The smallest absolute Gasteiger partial charge is 0.322 e. The van der Waals surface area contributed by atoms with Gasteiger partial charge < -0.3 is 15.2 Å². The summed E-state index contributed by atoms with van der Waals surface area (Å²) in [4.78, 5) is 22.1. The maximum absolute atomic E-state index is 12.8. The second kappa shape index (κ2) is 5.62. The summed E-state index contributed by atoms with van der Waals surface area (Å²) in [5.74, 6) is 0. The number of urea groups is 1. The van der Waals surface area contributed by atoms with Crippen molar-refractivity contribution in [2.24, 2.45) is 5.41 Å². The van der Waals surface area contributed by atoms with Crippen LogP contribution in [-0.2, 0) is 0 Å². The monoisotopic (exact) mass is 334 g/mol. The highest BCUT2D eigenvalue weighted by Gasteiger charge is 2.48. The molecule has 0 unspecified atom stereocenters. The summed E-state index contributed by atoms with van der Waals surface area (Å²) in [6.45, 7) is 7.14. The van der Waals surface area contributed by atoms with Crippen molar-refractivity contribution in [3.8, 4) is 0 Å². The number of pyridine rings is 1. The van der Waals surface area contributed by atoms with Crippen LogP contribution in [0.15, 0.2) is 48.8 Å². The number of likely N-dealkylation sites (tertiary alicyclic amines) is 1. The van der Waals surface area contributed by atoms with Crippen LogP contribution < -0.4 is 5.32 Å². The summed E-state index contributed by atoms with van der Waals surface area (Å²) >= 11 is 0. The molecule has 0 spiro atoms. The van der Waals surface area contributed by atoms with Crippen molar-refractivity contribution in [1.82, 2.24) is 14.9 Å². The van der Waals surface area contributed by atoms with Crippen molar-refractivity contribution >= 4 is 22.6 Å². The number of carbonyl (C=O) groups excluding carboxylic acids is 1. The van der Waals surface area contributed by atoms with Gasteiger partial charge in [0.15, 0.2) is 0 Å². The molecule has 3 heterocycles.